The molecule has 1 unspecified atom stereocenters. The third-order valence-corrected chi connectivity index (χ3v) is 2.98. The third-order valence-electron chi connectivity index (χ3n) is 2.61. The number of alkyl halides is 4. The summed E-state index contributed by atoms with van der Waals surface area (Å²) in [6.07, 6.45) is -4.46. The topological polar surface area (TPSA) is 55.1 Å². The van der Waals surface area contributed by atoms with Gasteiger partial charge in [-0.25, -0.2) is 0 Å². The Morgan fingerprint density at radius 3 is 2.58 bits per heavy atom. The van der Waals surface area contributed by atoms with Gasteiger partial charge in [-0.2, -0.15) is 13.2 Å². The second-order valence-electron chi connectivity index (χ2n) is 4.18. The van der Waals surface area contributed by atoms with E-state index >= 15 is 0 Å². The van der Waals surface area contributed by atoms with Crippen LogP contribution in [0.5, 0.6) is 0 Å². The molecule has 0 bridgehead atoms. The van der Waals surface area contributed by atoms with Crippen LogP contribution in [0.1, 0.15) is 11.1 Å². The number of amides is 1. The molecule has 0 aliphatic carbocycles. The third kappa shape index (κ3) is 4.31. The molecule has 19 heavy (non-hydrogen) atoms. The van der Waals surface area contributed by atoms with Crippen molar-refractivity contribution in [2.75, 3.05) is 17.7 Å². The summed E-state index contributed by atoms with van der Waals surface area (Å²) in [5.41, 5.74) is 4.71. The molecule has 0 fully saturated rings. The van der Waals surface area contributed by atoms with Crippen LogP contribution in [-0.4, -0.2) is 18.3 Å². The van der Waals surface area contributed by atoms with E-state index in [-0.39, 0.29) is 18.1 Å². The Labute approximate surface area is 113 Å². The van der Waals surface area contributed by atoms with Gasteiger partial charge in [0.15, 0.2) is 0 Å². The number of anilines is 1. The van der Waals surface area contributed by atoms with Crippen molar-refractivity contribution in [2.24, 2.45) is 11.7 Å². The number of nitrogens with two attached hydrogens (primary N) is 1. The highest BCUT2D eigenvalue weighted by molar-refractivity contribution is 6.19. The van der Waals surface area contributed by atoms with Gasteiger partial charge in [-0.15, -0.1) is 11.6 Å². The lowest BCUT2D eigenvalue weighted by Gasteiger charge is -2.17. The maximum absolute atomic E-state index is 12.8. The standard InChI is InChI=1S/C12H14ClF3N2O/c1-7-2-3-10(9(4-7)12(14,15)16)18-6-8(5-13)11(17)19/h2-4,8,18H,5-6H2,1H3,(H2,17,19). The van der Waals surface area contributed by atoms with Gasteiger partial charge in [0.1, 0.15) is 0 Å². The zero-order valence-electron chi connectivity index (χ0n) is 10.2. The molecule has 0 radical (unpaired) electrons. The lowest BCUT2D eigenvalue weighted by Crippen LogP contribution is -2.31. The van der Waals surface area contributed by atoms with E-state index in [2.05, 4.69) is 5.32 Å². The summed E-state index contributed by atoms with van der Waals surface area (Å²) in [5.74, 6) is -1.41. The SMILES string of the molecule is Cc1ccc(NCC(CCl)C(N)=O)c(C(F)(F)F)c1. The first-order valence-electron chi connectivity index (χ1n) is 5.52. The molecule has 0 aliphatic rings. The van der Waals surface area contributed by atoms with E-state index in [4.69, 9.17) is 17.3 Å². The fraction of sp³-hybridized carbons (Fsp3) is 0.417. The van der Waals surface area contributed by atoms with E-state index in [1.54, 1.807) is 13.0 Å². The Bertz CT molecular complexity index is 463. The minimum Gasteiger partial charge on any atom is -0.384 e. The van der Waals surface area contributed by atoms with Crippen LogP contribution in [0.2, 0.25) is 0 Å². The predicted molar refractivity (Wildman–Crippen MR) is 68.1 cm³/mol. The highest BCUT2D eigenvalue weighted by Crippen LogP contribution is 2.35. The normalized spacial score (nSPS) is 13.1. The van der Waals surface area contributed by atoms with Crippen molar-refractivity contribution >= 4 is 23.2 Å². The van der Waals surface area contributed by atoms with Gasteiger partial charge in [0.05, 0.1) is 11.5 Å². The van der Waals surface area contributed by atoms with Gasteiger partial charge in [-0.3, -0.25) is 4.79 Å². The summed E-state index contributed by atoms with van der Waals surface area (Å²) in [5, 5.41) is 2.57. The molecular formula is C12H14ClF3N2O. The molecule has 1 rings (SSSR count). The number of rotatable bonds is 5. The number of primary amides is 1. The molecule has 0 aliphatic heterocycles. The summed E-state index contributed by atoms with van der Waals surface area (Å²) in [7, 11) is 0. The summed E-state index contributed by atoms with van der Waals surface area (Å²) in [4.78, 5) is 11.0. The Morgan fingerprint density at radius 2 is 2.11 bits per heavy atom. The fourth-order valence-corrected chi connectivity index (χ4v) is 1.77. The van der Waals surface area contributed by atoms with Crippen molar-refractivity contribution in [2.45, 2.75) is 13.1 Å². The molecule has 7 heteroatoms. The van der Waals surface area contributed by atoms with Crippen LogP contribution in [0.3, 0.4) is 0 Å². The Morgan fingerprint density at radius 1 is 1.47 bits per heavy atom. The summed E-state index contributed by atoms with van der Waals surface area (Å²) >= 11 is 5.52. The quantitative estimate of drug-likeness (QED) is 0.821. The molecule has 106 valence electrons. The summed E-state index contributed by atoms with van der Waals surface area (Å²) in [6.45, 7) is 1.54. The van der Waals surface area contributed by atoms with Crippen LogP contribution in [-0.2, 0) is 11.0 Å². The summed E-state index contributed by atoms with van der Waals surface area (Å²) in [6, 6.07) is 3.92. The largest absolute Gasteiger partial charge is 0.418 e. The molecule has 0 aromatic heterocycles. The molecule has 0 heterocycles. The fourth-order valence-electron chi connectivity index (χ4n) is 1.51. The van der Waals surface area contributed by atoms with Crippen molar-refractivity contribution in [3.05, 3.63) is 29.3 Å². The van der Waals surface area contributed by atoms with Crippen LogP contribution in [0.4, 0.5) is 18.9 Å². The minimum absolute atomic E-state index is 0.0367. The molecule has 0 saturated heterocycles. The average molecular weight is 295 g/mol. The molecule has 3 nitrogen and oxygen atoms in total. The Kier molecular flexibility index (Phi) is 5.05. The molecule has 1 aromatic carbocycles. The van der Waals surface area contributed by atoms with E-state index in [0.29, 0.717) is 5.56 Å². The number of hydrogen-bond acceptors (Lipinski definition) is 2. The van der Waals surface area contributed by atoms with Crippen LogP contribution in [0.25, 0.3) is 0 Å². The van der Waals surface area contributed by atoms with Gasteiger partial charge in [-0.1, -0.05) is 11.6 Å². The number of halogens is 4. The number of aryl methyl sites for hydroxylation is 1. The van der Waals surface area contributed by atoms with Crippen molar-refractivity contribution in [1.29, 1.82) is 0 Å². The van der Waals surface area contributed by atoms with Gasteiger partial charge in [0, 0.05) is 18.1 Å². The molecule has 0 saturated carbocycles. The monoisotopic (exact) mass is 294 g/mol. The van der Waals surface area contributed by atoms with Gasteiger partial charge >= 0.3 is 6.18 Å². The Hall–Kier alpha value is -1.43. The number of carbonyl (C=O) groups excluding carboxylic acids is 1. The molecular weight excluding hydrogens is 281 g/mol. The first-order valence-corrected chi connectivity index (χ1v) is 6.06. The molecule has 3 N–H and O–H groups in total. The van der Waals surface area contributed by atoms with E-state index < -0.39 is 23.6 Å². The second kappa shape index (κ2) is 6.14. The van der Waals surface area contributed by atoms with Crippen LogP contribution >= 0.6 is 11.6 Å². The highest BCUT2D eigenvalue weighted by atomic mass is 35.5. The van der Waals surface area contributed by atoms with Crippen LogP contribution in [0.15, 0.2) is 18.2 Å². The smallest absolute Gasteiger partial charge is 0.384 e. The lowest BCUT2D eigenvalue weighted by molar-refractivity contribution is -0.137. The average Bonchev–Trinajstić information content (AvgIpc) is 2.29. The zero-order chi connectivity index (χ0) is 14.6. The van der Waals surface area contributed by atoms with E-state index in [9.17, 15) is 18.0 Å². The molecule has 1 aromatic rings. The van der Waals surface area contributed by atoms with Gasteiger partial charge < -0.3 is 11.1 Å². The summed E-state index contributed by atoms with van der Waals surface area (Å²) < 4.78 is 38.5. The van der Waals surface area contributed by atoms with Crippen molar-refractivity contribution in [3.8, 4) is 0 Å². The van der Waals surface area contributed by atoms with E-state index in [1.165, 1.54) is 6.07 Å². The number of carbonyl (C=O) groups is 1. The second-order valence-corrected chi connectivity index (χ2v) is 4.49. The molecule has 0 spiro atoms. The number of benzene rings is 1. The van der Waals surface area contributed by atoms with Gasteiger partial charge in [-0.05, 0) is 19.1 Å². The van der Waals surface area contributed by atoms with Crippen molar-refractivity contribution in [1.82, 2.24) is 0 Å². The highest BCUT2D eigenvalue weighted by Gasteiger charge is 2.33. The minimum atomic E-state index is -4.46. The number of hydrogen-bond donors (Lipinski definition) is 2. The Balaban J connectivity index is 2.92. The number of nitrogens with one attached hydrogen (secondary N) is 1. The van der Waals surface area contributed by atoms with Crippen molar-refractivity contribution < 1.29 is 18.0 Å². The zero-order valence-corrected chi connectivity index (χ0v) is 11.0. The van der Waals surface area contributed by atoms with Crippen LogP contribution < -0.4 is 11.1 Å². The maximum atomic E-state index is 12.8. The van der Waals surface area contributed by atoms with Crippen LogP contribution in [0, 0.1) is 12.8 Å². The lowest BCUT2D eigenvalue weighted by atomic mass is 10.1. The van der Waals surface area contributed by atoms with Gasteiger partial charge in [0.2, 0.25) is 5.91 Å². The predicted octanol–water partition coefficient (Wildman–Crippen LogP) is 2.77. The van der Waals surface area contributed by atoms with E-state index in [0.717, 1.165) is 6.07 Å². The van der Waals surface area contributed by atoms with Crippen molar-refractivity contribution in [3.63, 3.8) is 0 Å². The molecule has 1 amide bonds. The first-order chi connectivity index (χ1) is 8.75. The van der Waals surface area contributed by atoms with E-state index in [1.807, 2.05) is 0 Å². The van der Waals surface area contributed by atoms with Gasteiger partial charge in [0.25, 0.3) is 0 Å². The molecule has 1 atom stereocenters. The first kappa shape index (κ1) is 15.6. The maximum Gasteiger partial charge on any atom is 0.418 e.